The van der Waals surface area contributed by atoms with Crippen LogP contribution in [0.2, 0.25) is 0 Å². The lowest BCUT2D eigenvalue weighted by atomic mass is 10.1. The maximum absolute atomic E-state index is 12.4. The molecule has 0 atom stereocenters. The van der Waals surface area contributed by atoms with Crippen LogP contribution in [0.4, 0.5) is 5.69 Å². The van der Waals surface area contributed by atoms with Gasteiger partial charge in [-0.05, 0) is 48.7 Å². The first-order chi connectivity index (χ1) is 14.6. The summed E-state index contributed by atoms with van der Waals surface area (Å²) in [6.45, 7) is 1.99. The third-order valence-corrected chi connectivity index (χ3v) is 5.17. The van der Waals surface area contributed by atoms with Crippen LogP contribution in [0.5, 0.6) is 0 Å². The van der Waals surface area contributed by atoms with E-state index in [0.717, 1.165) is 11.1 Å². The van der Waals surface area contributed by atoms with Gasteiger partial charge < -0.3 is 14.5 Å². The lowest BCUT2D eigenvalue weighted by Gasteiger charge is -2.06. The number of anilines is 1. The number of aromatic nitrogens is 1. The number of amides is 1. The molecule has 1 amide bonds. The van der Waals surface area contributed by atoms with Crippen molar-refractivity contribution >= 4 is 28.9 Å². The summed E-state index contributed by atoms with van der Waals surface area (Å²) in [5.74, 6) is -0.261. The van der Waals surface area contributed by atoms with Gasteiger partial charge in [-0.3, -0.25) is 4.79 Å². The lowest BCUT2D eigenvalue weighted by molar-refractivity contribution is 0.0467. The quantitative estimate of drug-likeness (QED) is 0.429. The number of ether oxygens (including phenoxy) is 1. The van der Waals surface area contributed by atoms with Gasteiger partial charge in [-0.1, -0.05) is 29.8 Å². The Bertz CT molecular complexity index is 1160. The molecule has 0 bridgehead atoms. The van der Waals surface area contributed by atoms with Gasteiger partial charge in [0, 0.05) is 11.3 Å². The number of thiophene rings is 1. The molecule has 7 heteroatoms. The number of hydrogen-bond donors (Lipinski definition) is 1. The minimum atomic E-state index is -0.512. The molecule has 30 heavy (non-hydrogen) atoms. The van der Waals surface area contributed by atoms with Crippen LogP contribution < -0.4 is 5.32 Å². The van der Waals surface area contributed by atoms with Gasteiger partial charge in [-0.15, -0.1) is 11.3 Å². The molecule has 4 aromatic rings. The molecule has 150 valence electrons. The van der Waals surface area contributed by atoms with Crippen LogP contribution in [0.3, 0.4) is 0 Å². The van der Waals surface area contributed by atoms with E-state index in [1.807, 2.05) is 42.6 Å². The highest BCUT2D eigenvalue weighted by atomic mass is 32.1. The molecule has 2 aromatic heterocycles. The van der Waals surface area contributed by atoms with Gasteiger partial charge in [-0.2, -0.15) is 0 Å². The van der Waals surface area contributed by atoms with Gasteiger partial charge >= 0.3 is 5.97 Å². The summed E-state index contributed by atoms with van der Waals surface area (Å²) in [5.41, 5.74) is 3.37. The molecule has 6 nitrogen and oxygen atoms in total. The zero-order chi connectivity index (χ0) is 20.9. The molecule has 0 radical (unpaired) electrons. The standard InChI is InChI=1S/C23H18N2O4S/c1-15-7-9-16(10-8-15)22-25-19(13-28-22)14-29-23(27)17-4-2-5-18(12-17)24-21(26)20-6-3-11-30-20/h2-13H,14H2,1H3,(H,24,26). The molecule has 4 rings (SSSR count). The molecule has 0 unspecified atom stereocenters. The number of esters is 1. The van der Waals surface area contributed by atoms with Crippen molar-refractivity contribution < 1.29 is 18.7 Å². The maximum Gasteiger partial charge on any atom is 0.338 e. The topological polar surface area (TPSA) is 81.4 Å². The van der Waals surface area contributed by atoms with Crippen LogP contribution >= 0.6 is 11.3 Å². The molecule has 0 aliphatic heterocycles. The second-order valence-corrected chi connectivity index (χ2v) is 7.55. The molecule has 0 aliphatic carbocycles. The zero-order valence-corrected chi connectivity index (χ0v) is 16.9. The number of benzene rings is 2. The first-order valence-corrected chi connectivity index (χ1v) is 10.1. The smallest absolute Gasteiger partial charge is 0.338 e. The maximum atomic E-state index is 12.4. The summed E-state index contributed by atoms with van der Waals surface area (Å²) in [5, 5.41) is 4.61. The van der Waals surface area contributed by atoms with Crippen molar-refractivity contribution in [2.75, 3.05) is 5.32 Å². The fourth-order valence-electron chi connectivity index (χ4n) is 2.75. The highest BCUT2D eigenvalue weighted by molar-refractivity contribution is 7.12. The molecule has 0 aliphatic rings. The molecule has 0 fully saturated rings. The Hall–Kier alpha value is -3.71. The van der Waals surface area contributed by atoms with Crippen LogP contribution in [-0.2, 0) is 11.3 Å². The highest BCUT2D eigenvalue weighted by Crippen LogP contribution is 2.20. The molecule has 0 saturated carbocycles. The van der Waals surface area contributed by atoms with Gasteiger partial charge in [0.2, 0.25) is 5.89 Å². The summed E-state index contributed by atoms with van der Waals surface area (Å²) in [6, 6.07) is 18.0. The average molecular weight is 418 g/mol. The van der Waals surface area contributed by atoms with Crippen molar-refractivity contribution in [1.29, 1.82) is 0 Å². The largest absolute Gasteiger partial charge is 0.455 e. The Labute approximate surface area is 177 Å². The highest BCUT2D eigenvalue weighted by Gasteiger charge is 2.13. The number of nitrogens with zero attached hydrogens (tertiary/aromatic N) is 1. The molecule has 1 N–H and O–H groups in total. The minimum Gasteiger partial charge on any atom is -0.455 e. The summed E-state index contributed by atoms with van der Waals surface area (Å²) < 4.78 is 10.8. The first kappa shape index (κ1) is 19.6. The number of hydrogen-bond acceptors (Lipinski definition) is 6. The molecule has 0 spiro atoms. The first-order valence-electron chi connectivity index (χ1n) is 9.22. The van der Waals surface area contributed by atoms with Crippen LogP contribution in [0.15, 0.2) is 76.7 Å². The van der Waals surface area contributed by atoms with Crippen LogP contribution in [0.1, 0.15) is 31.3 Å². The number of oxazole rings is 1. The predicted octanol–water partition coefficient (Wildman–Crippen LogP) is 5.32. The van der Waals surface area contributed by atoms with Gasteiger partial charge in [-0.25, -0.2) is 9.78 Å². The Kier molecular flexibility index (Phi) is 5.72. The van der Waals surface area contributed by atoms with Crippen LogP contribution in [0.25, 0.3) is 11.5 Å². The van der Waals surface area contributed by atoms with E-state index in [0.29, 0.717) is 27.7 Å². The minimum absolute atomic E-state index is 0.0139. The number of aryl methyl sites for hydroxylation is 1. The SMILES string of the molecule is Cc1ccc(-c2nc(COC(=O)c3cccc(NC(=O)c4cccs4)c3)co2)cc1. The molecule has 0 saturated heterocycles. The summed E-state index contributed by atoms with van der Waals surface area (Å²) in [6.07, 6.45) is 1.47. The van der Waals surface area contributed by atoms with E-state index < -0.39 is 5.97 Å². The van der Waals surface area contributed by atoms with Gasteiger partial charge in [0.25, 0.3) is 5.91 Å². The third-order valence-electron chi connectivity index (χ3n) is 4.30. The number of carbonyl (C=O) groups excluding carboxylic acids is 2. The zero-order valence-electron chi connectivity index (χ0n) is 16.1. The van der Waals surface area contributed by atoms with Crippen molar-refractivity contribution in [3.63, 3.8) is 0 Å². The van der Waals surface area contributed by atoms with E-state index >= 15 is 0 Å². The molecule has 2 aromatic carbocycles. The Morgan fingerprint density at radius 2 is 1.93 bits per heavy atom. The van der Waals surface area contributed by atoms with Gasteiger partial charge in [0.15, 0.2) is 0 Å². The lowest BCUT2D eigenvalue weighted by Crippen LogP contribution is -2.11. The average Bonchev–Trinajstić information content (AvgIpc) is 3.45. The Morgan fingerprint density at radius 3 is 2.70 bits per heavy atom. The third kappa shape index (κ3) is 4.64. The summed E-state index contributed by atoms with van der Waals surface area (Å²) in [7, 11) is 0. The van der Waals surface area contributed by atoms with Crippen molar-refractivity contribution in [1.82, 2.24) is 4.98 Å². The van der Waals surface area contributed by atoms with E-state index in [2.05, 4.69) is 10.3 Å². The predicted molar refractivity (Wildman–Crippen MR) is 115 cm³/mol. The van der Waals surface area contributed by atoms with Crippen molar-refractivity contribution in [2.45, 2.75) is 13.5 Å². The van der Waals surface area contributed by atoms with E-state index in [1.54, 1.807) is 30.3 Å². The van der Waals surface area contributed by atoms with Gasteiger partial charge in [0.05, 0.1) is 10.4 Å². The fourth-order valence-corrected chi connectivity index (χ4v) is 3.37. The Morgan fingerprint density at radius 1 is 1.10 bits per heavy atom. The second kappa shape index (κ2) is 8.75. The van der Waals surface area contributed by atoms with Crippen molar-refractivity contribution in [2.24, 2.45) is 0 Å². The van der Waals surface area contributed by atoms with E-state index in [1.165, 1.54) is 17.6 Å². The van der Waals surface area contributed by atoms with Crippen molar-refractivity contribution in [3.8, 4) is 11.5 Å². The normalized spacial score (nSPS) is 10.6. The molecular weight excluding hydrogens is 400 g/mol. The summed E-state index contributed by atoms with van der Waals surface area (Å²) in [4.78, 5) is 29.5. The molecular formula is C23H18N2O4S. The fraction of sp³-hybridized carbons (Fsp3) is 0.0870. The van der Waals surface area contributed by atoms with E-state index in [9.17, 15) is 9.59 Å². The number of nitrogens with one attached hydrogen (secondary N) is 1. The van der Waals surface area contributed by atoms with E-state index in [-0.39, 0.29) is 12.5 Å². The second-order valence-electron chi connectivity index (χ2n) is 6.60. The number of rotatable bonds is 6. The van der Waals surface area contributed by atoms with E-state index in [4.69, 9.17) is 9.15 Å². The Balaban J connectivity index is 1.37. The van der Waals surface area contributed by atoms with Crippen LogP contribution in [-0.4, -0.2) is 16.9 Å². The monoisotopic (exact) mass is 418 g/mol. The van der Waals surface area contributed by atoms with Crippen molar-refractivity contribution in [3.05, 3.63) is 94.0 Å². The number of carbonyl (C=O) groups is 2. The van der Waals surface area contributed by atoms with Gasteiger partial charge in [0.1, 0.15) is 18.6 Å². The van der Waals surface area contributed by atoms with Crippen LogP contribution in [0, 0.1) is 6.92 Å². The summed E-state index contributed by atoms with van der Waals surface area (Å²) >= 11 is 1.35. The molecule has 2 heterocycles.